The number of benzene rings is 1. The molecule has 0 unspecified atom stereocenters. The van der Waals surface area contributed by atoms with Crippen LogP contribution in [0.1, 0.15) is 64.7 Å². The van der Waals surface area contributed by atoms with Crippen LogP contribution < -0.4 is 0 Å². The molecule has 4 rings (SSSR count). The van der Waals surface area contributed by atoms with Gasteiger partial charge in [-0.3, -0.25) is 9.59 Å². The minimum Gasteiger partial charge on any atom is -0.460 e. The Hall–Kier alpha value is -2.49. The topological polar surface area (TPSA) is 129 Å². The molecular formula is C26H34O9. The zero-order chi connectivity index (χ0) is 26.0. The van der Waals surface area contributed by atoms with Crippen molar-refractivity contribution < 1.29 is 43.5 Å². The Balaban J connectivity index is 1.90. The molecule has 9 nitrogen and oxygen atoms in total. The highest BCUT2D eigenvalue weighted by molar-refractivity contribution is 5.89. The molecule has 3 aliphatic rings. The summed E-state index contributed by atoms with van der Waals surface area (Å²) in [7, 11) is 0. The maximum Gasteiger partial charge on any atom is 0.338 e. The van der Waals surface area contributed by atoms with E-state index in [0.717, 1.165) is 0 Å². The predicted octanol–water partition coefficient (Wildman–Crippen LogP) is 2.16. The number of aliphatic hydroxyl groups excluding tert-OH is 1. The fourth-order valence-electron chi connectivity index (χ4n) is 6.72. The number of hydrogen-bond acceptors (Lipinski definition) is 9. The summed E-state index contributed by atoms with van der Waals surface area (Å²) in [6.45, 7) is 9.34. The van der Waals surface area contributed by atoms with Gasteiger partial charge in [-0.25, -0.2) is 4.79 Å². The average molecular weight is 491 g/mol. The monoisotopic (exact) mass is 490 g/mol. The van der Waals surface area contributed by atoms with E-state index in [9.17, 15) is 24.6 Å². The molecule has 2 saturated carbocycles. The third-order valence-electron chi connectivity index (χ3n) is 8.29. The molecule has 1 aromatic carbocycles. The third kappa shape index (κ3) is 3.75. The van der Waals surface area contributed by atoms with E-state index >= 15 is 0 Å². The summed E-state index contributed by atoms with van der Waals surface area (Å²) in [5.74, 6) is -2.33. The molecule has 0 aromatic heterocycles. The quantitative estimate of drug-likeness (QED) is 0.482. The van der Waals surface area contributed by atoms with E-state index in [1.165, 1.54) is 13.8 Å². The van der Waals surface area contributed by atoms with Crippen molar-refractivity contribution in [2.75, 3.05) is 0 Å². The van der Waals surface area contributed by atoms with Crippen molar-refractivity contribution in [1.29, 1.82) is 0 Å². The molecule has 0 radical (unpaired) electrons. The molecule has 2 aliphatic carbocycles. The van der Waals surface area contributed by atoms with Crippen molar-refractivity contribution in [3.8, 4) is 0 Å². The largest absolute Gasteiger partial charge is 0.460 e. The average Bonchev–Trinajstić information content (AvgIpc) is 3.03. The first-order chi connectivity index (χ1) is 16.2. The third-order valence-corrected chi connectivity index (χ3v) is 8.29. The van der Waals surface area contributed by atoms with E-state index in [1.54, 1.807) is 44.2 Å². The fraction of sp³-hybridized carbons (Fsp3) is 0.654. The first kappa shape index (κ1) is 25.6. The van der Waals surface area contributed by atoms with Crippen LogP contribution >= 0.6 is 0 Å². The number of rotatable bonds is 4. The lowest BCUT2D eigenvalue weighted by Gasteiger charge is -2.64. The SMILES string of the molecule is CC(=O)O[C@H]1[C@@H](OC(=O)c2ccccc2)[C@]2(C)[C@@H](O)[C@@H](OC(C)=O)C[C@](C)(O)[C@@]23C[C@@H]1C(C)(C)O3. The lowest BCUT2D eigenvalue weighted by molar-refractivity contribution is -0.329. The summed E-state index contributed by atoms with van der Waals surface area (Å²) in [4.78, 5) is 37.3. The van der Waals surface area contributed by atoms with Gasteiger partial charge in [-0.2, -0.15) is 0 Å². The van der Waals surface area contributed by atoms with E-state index in [1.807, 2.05) is 13.8 Å². The van der Waals surface area contributed by atoms with Crippen LogP contribution in [-0.2, 0) is 28.5 Å². The van der Waals surface area contributed by atoms with E-state index < -0.39 is 70.5 Å². The van der Waals surface area contributed by atoms with Crippen LogP contribution in [-0.4, -0.2) is 69.3 Å². The van der Waals surface area contributed by atoms with Gasteiger partial charge < -0.3 is 29.2 Å². The van der Waals surface area contributed by atoms with Gasteiger partial charge in [0.15, 0.2) is 6.10 Å². The van der Waals surface area contributed by atoms with Gasteiger partial charge in [0.1, 0.15) is 23.9 Å². The molecule has 2 N–H and O–H groups in total. The van der Waals surface area contributed by atoms with Crippen molar-refractivity contribution in [2.45, 2.75) is 95.6 Å². The molecule has 2 bridgehead atoms. The maximum atomic E-state index is 13.2. The van der Waals surface area contributed by atoms with E-state index in [2.05, 4.69) is 0 Å². The van der Waals surface area contributed by atoms with Gasteiger partial charge in [-0.05, 0) is 39.3 Å². The van der Waals surface area contributed by atoms with Crippen molar-refractivity contribution in [1.82, 2.24) is 0 Å². The van der Waals surface area contributed by atoms with Crippen LogP contribution in [0.4, 0.5) is 0 Å². The van der Waals surface area contributed by atoms with E-state index in [-0.39, 0.29) is 18.4 Å². The fourth-order valence-corrected chi connectivity index (χ4v) is 6.72. The summed E-state index contributed by atoms with van der Waals surface area (Å²) in [5.41, 5.74) is -5.09. The van der Waals surface area contributed by atoms with Crippen LogP contribution in [0.5, 0.6) is 0 Å². The number of hydrogen-bond donors (Lipinski definition) is 2. The summed E-state index contributed by atoms with van der Waals surface area (Å²) in [6, 6.07) is 8.33. The van der Waals surface area contributed by atoms with Crippen molar-refractivity contribution in [2.24, 2.45) is 11.3 Å². The van der Waals surface area contributed by atoms with Crippen LogP contribution in [0.3, 0.4) is 0 Å². The van der Waals surface area contributed by atoms with E-state index in [4.69, 9.17) is 18.9 Å². The molecule has 1 heterocycles. The van der Waals surface area contributed by atoms with Crippen molar-refractivity contribution >= 4 is 17.9 Å². The van der Waals surface area contributed by atoms with Crippen LogP contribution in [0.2, 0.25) is 0 Å². The Labute approximate surface area is 204 Å². The summed E-state index contributed by atoms with van der Waals surface area (Å²) in [5, 5.41) is 23.5. The second-order valence-corrected chi connectivity index (χ2v) is 11.0. The molecule has 1 spiro atoms. The number of esters is 3. The molecule has 192 valence electrons. The van der Waals surface area contributed by atoms with Gasteiger partial charge in [0.25, 0.3) is 0 Å². The molecule has 8 atom stereocenters. The minimum absolute atomic E-state index is 0.0796. The summed E-state index contributed by atoms with van der Waals surface area (Å²) in [6.07, 6.45) is -4.52. The zero-order valence-electron chi connectivity index (χ0n) is 20.9. The smallest absolute Gasteiger partial charge is 0.338 e. The molecular weight excluding hydrogens is 456 g/mol. The lowest BCUT2D eigenvalue weighted by atomic mass is 9.47. The first-order valence-corrected chi connectivity index (χ1v) is 11.9. The predicted molar refractivity (Wildman–Crippen MR) is 122 cm³/mol. The Morgan fingerprint density at radius 1 is 0.943 bits per heavy atom. The Morgan fingerprint density at radius 3 is 2.11 bits per heavy atom. The summed E-state index contributed by atoms with van der Waals surface area (Å²) >= 11 is 0. The van der Waals surface area contributed by atoms with Gasteiger partial charge in [-0.15, -0.1) is 0 Å². The minimum atomic E-state index is -1.58. The normalized spacial score (nSPS) is 41.4. The molecule has 9 heteroatoms. The highest BCUT2D eigenvalue weighted by Gasteiger charge is 2.81. The maximum absolute atomic E-state index is 13.2. The van der Waals surface area contributed by atoms with Gasteiger partial charge in [0.05, 0.1) is 22.2 Å². The first-order valence-electron chi connectivity index (χ1n) is 11.9. The number of fused-ring (bicyclic) bond motifs is 1. The van der Waals surface area contributed by atoms with Gasteiger partial charge in [0.2, 0.25) is 0 Å². The number of carbonyl (C=O) groups excluding carboxylic acids is 3. The molecule has 1 aliphatic heterocycles. The van der Waals surface area contributed by atoms with Gasteiger partial charge in [0, 0.05) is 26.2 Å². The molecule has 1 saturated heterocycles. The Morgan fingerprint density at radius 2 is 1.54 bits per heavy atom. The molecule has 1 aromatic rings. The standard InChI is InChI=1S/C26H34O9/c1-14(27)32-18-13-24(5,31)26-12-17(23(3,4)35-26)19(33-15(2)28)21(25(26,6)20(18)29)34-22(30)16-10-8-7-9-11-16/h7-11,17-21,29,31H,12-13H2,1-6H3/t17-,18-,19+,20-,21+,24-,25-,26-/m0/s1. The molecule has 35 heavy (non-hydrogen) atoms. The number of aliphatic hydroxyl groups is 2. The van der Waals surface area contributed by atoms with Crippen LogP contribution in [0, 0.1) is 11.3 Å². The summed E-state index contributed by atoms with van der Waals surface area (Å²) < 4.78 is 23.8. The van der Waals surface area contributed by atoms with Crippen molar-refractivity contribution in [3.63, 3.8) is 0 Å². The second kappa shape index (κ2) is 8.28. The molecule has 3 fully saturated rings. The highest BCUT2D eigenvalue weighted by atomic mass is 16.6. The molecule has 0 amide bonds. The number of ether oxygens (including phenoxy) is 4. The highest BCUT2D eigenvalue weighted by Crippen LogP contribution is 2.68. The Bertz CT molecular complexity index is 1020. The van der Waals surface area contributed by atoms with Gasteiger partial charge >= 0.3 is 17.9 Å². The van der Waals surface area contributed by atoms with Gasteiger partial charge in [-0.1, -0.05) is 25.1 Å². The van der Waals surface area contributed by atoms with Crippen LogP contribution in [0.25, 0.3) is 0 Å². The lowest BCUT2D eigenvalue weighted by Crippen LogP contribution is -2.79. The van der Waals surface area contributed by atoms with E-state index in [0.29, 0.717) is 0 Å². The van der Waals surface area contributed by atoms with Crippen LogP contribution in [0.15, 0.2) is 30.3 Å². The number of carbonyl (C=O) groups is 3. The second-order valence-electron chi connectivity index (χ2n) is 11.0. The Kier molecular flexibility index (Phi) is 6.06. The zero-order valence-corrected chi connectivity index (χ0v) is 20.9. The van der Waals surface area contributed by atoms with Crippen molar-refractivity contribution in [3.05, 3.63) is 35.9 Å².